The van der Waals surface area contributed by atoms with Crippen LogP contribution in [0.2, 0.25) is 5.02 Å². The fourth-order valence-electron chi connectivity index (χ4n) is 3.62. The molecule has 1 unspecified atom stereocenters. The number of benzene rings is 1. The molecule has 25 heavy (non-hydrogen) atoms. The molecule has 5 nitrogen and oxygen atoms in total. The summed E-state index contributed by atoms with van der Waals surface area (Å²) in [7, 11) is 0. The molecule has 2 aromatic rings. The predicted molar refractivity (Wildman–Crippen MR) is 96.2 cm³/mol. The van der Waals surface area contributed by atoms with Gasteiger partial charge in [-0.25, -0.2) is 4.98 Å². The van der Waals surface area contributed by atoms with Gasteiger partial charge in [0.05, 0.1) is 0 Å². The van der Waals surface area contributed by atoms with Gasteiger partial charge in [0.1, 0.15) is 5.75 Å². The van der Waals surface area contributed by atoms with E-state index in [0.717, 1.165) is 6.54 Å². The third-order valence-electron chi connectivity index (χ3n) is 5.01. The Labute approximate surface area is 152 Å². The van der Waals surface area contributed by atoms with Crippen molar-refractivity contribution < 1.29 is 9.53 Å². The Morgan fingerprint density at radius 3 is 2.60 bits per heavy atom. The Morgan fingerprint density at radius 2 is 1.96 bits per heavy atom. The van der Waals surface area contributed by atoms with E-state index in [9.17, 15) is 4.79 Å². The standard InChI is InChI=1S/C19H20ClN3O2/c20-15-5-8-21-18(11-15)25-16-3-1-14(2-4-16)19(24)22-17-12-23-9-6-13(17)7-10-23/h1-5,8,11,13,17H,6-7,9-10,12H2,(H,22,24). The molecule has 0 spiro atoms. The van der Waals surface area contributed by atoms with Gasteiger partial charge in [0.2, 0.25) is 5.88 Å². The van der Waals surface area contributed by atoms with Crippen molar-refractivity contribution in [2.24, 2.45) is 5.92 Å². The molecule has 1 atom stereocenters. The van der Waals surface area contributed by atoms with E-state index >= 15 is 0 Å². The van der Waals surface area contributed by atoms with Crippen LogP contribution in [0.5, 0.6) is 11.6 Å². The number of pyridine rings is 1. The second-order valence-corrected chi connectivity index (χ2v) is 7.09. The molecular weight excluding hydrogens is 338 g/mol. The van der Waals surface area contributed by atoms with Crippen molar-refractivity contribution >= 4 is 17.5 Å². The lowest BCUT2D eigenvalue weighted by Gasteiger charge is -2.44. The highest BCUT2D eigenvalue weighted by atomic mass is 35.5. The van der Waals surface area contributed by atoms with E-state index in [1.165, 1.54) is 25.9 Å². The van der Waals surface area contributed by atoms with Gasteiger partial charge in [0.15, 0.2) is 0 Å². The summed E-state index contributed by atoms with van der Waals surface area (Å²) in [5.41, 5.74) is 0.642. The third-order valence-corrected chi connectivity index (χ3v) is 5.24. The Bertz CT molecular complexity index is 758. The molecule has 1 aromatic heterocycles. The van der Waals surface area contributed by atoms with Gasteiger partial charge < -0.3 is 15.0 Å². The van der Waals surface area contributed by atoms with Gasteiger partial charge in [-0.3, -0.25) is 4.79 Å². The highest BCUT2D eigenvalue weighted by Crippen LogP contribution is 2.28. The highest BCUT2D eigenvalue weighted by Gasteiger charge is 2.34. The smallest absolute Gasteiger partial charge is 0.251 e. The second kappa shape index (κ2) is 7.02. The number of fused-ring (bicyclic) bond motifs is 3. The molecule has 3 aliphatic rings. The summed E-state index contributed by atoms with van der Waals surface area (Å²) in [6.07, 6.45) is 3.96. The average Bonchev–Trinajstić information content (AvgIpc) is 2.63. The Hall–Kier alpha value is -2.11. The normalized spacial score (nSPS) is 24.8. The van der Waals surface area contributed by atoms with E-state index in [-0.39, 0.29) is 11.9 Å². The van der Waals surface area contributed by atoms with Crippen LogP contribution < -0.4 is 10.1 Å². The SMILES string of the molecule is O=C(NC1CN2CCC1CC2)c1ccc(Oc2cc(Cl)ccn2)cc1. The van der Waals surface area contributed by atoms with E-state index in [2.05, 4.69) is 15.2 Å². The summed E-state index contributed by atoms with van der Waals surface area (Å²) in [6, 6.07) is 10.7. The first-order chi connectivity index (χ1) is 12.2. The number of amides is 1. The van der Waals surface area contributed by atoms with Gasteiger partial charge >= 0.3 is 0 Å². The van der Waals surface area contributed by atoms with Crippen LogP contribution in [-0.2, 0) is 0 Å². The van der Waals surface area contributed by atoms with E-state index in [4.69, 9.17) is 16.3 Å². The van der Waals surface area contributed by atoms with Gasteiger partial charge in [-0.1, -0.05) is 11.6 Å². The highest BCUT2D eigenvalue weighted by molar-refractivity contribution is 6.30. The fourth-order valence-corrected chi connectivity index (χ4v) is 3.77. The number of carbonyl (C=O) groups is 1. The van der Waals surface area contributed by atoms with E-state index in [1.54, 1.807) is 42.6 Å². The number of piperidine rings is 3. The summed E-state index contributed by atoms with van der Waals surface area (Å²) >= 11 is 5.92. The zero-order valence-corrected chi connectivity index (χ0v) is 14.6. The van der Waals surface area contributed by atoms with Gasteiger partial charge in [0, 0.05) is 35.4 Å². The first kappa shape index (κ1) is 16.4. The van der Waals surface area contributed by atoms with Crippen molar-refractivity contribution in [2.75, 3.05) is 19.6 Å². The minimum atomic E-state index is -0.0221. The third kappa shape index (κ3) is 3.78. The average molecular weight is 358 g/mol. The molecule has 4 heterocycles. The lowest BCUT2D eigenvalue weighted by molar-refractivity contribution is 0.0620. The molecule has 3 saturated heterocycles. The van der Waals surface area contributed by atoms with Crippen molar-refractivity contribution in [3.63, 3.8) is 0 Å². The van der Waals surface area contributed by atoms with E-state index in [0.29, 0.717) is 28.1 Å². The molecule has 5 rings (SSSR count). The monoisotopic (exact) mass is 357 g/mol. The minimum absolute atomic E-state index is 0.0221. The van der Waals surface area contributed by atoms with Crippen molar-refractivity contribution in [1.82, 2.24) is 15.2 Å². The lowest BCUT2D eigenvalue weighted by atomic mass is 9.84. The van der Waals surface area contributed by atoms with Crippen LogP contribution in [0.15, 0.2) is 42.6 Å². The van der Waals surface area contributed by atoms with E-state index < -0.39 is 0 Å². The quantitative estimate of drug-likeness (QED) is 0.911. The molecule has 3 fully saturated rings. The number of nitrogens with zero attached hydrogens (tertiary/aromatic N) is 2. The zero-order chi connectivity index (χ0) is 17.2. The predicted octanol–water partition coefficient (Wildman–Crippen LogP) is 3.35. The number of hydrogen-bond donors (Lipinski definition) is 1. The van der Waals surface area contributed by atoms with Gasteiger partial charge in [0.25, 0.3) is 5.91 Å². The first-order valence-electron chi connectivity index (χ1n) is 8.60. The van der Waals surface area contributed by atoms with Crippen LogP contribution in [0.4, 0.5) is 0 Å². The van der Waals surface area contributed by atoms with Crippen LogP contribution in [-0.4, -0.2) is 41.5 Å². The maximum Gasteiger partial charge on any atom is 0.251 e. The van der Waals surface area contributed by atoms with Crippen LogP contribution in [0.25, 0.3) is 0 Å². The zero-order valence-electron chi connectivity index (χ0n) is 13.8. The maximum atomic E-state index is 12.5. The number of carbonyl (C=O) groups excluding carboxylic acids is 1. The van der Waals surface area contributed by atoms with Crippen molar-refractivity contribution in [1.29, 1.82) is 0 Å². The molecule has 2 bridgehead atoms. The van der Waals surface area contributed by atoms with Crippen LogP contribution in [0.3, 0.4) is 0 Å². The van der Waals surface area contributed by atoms with Gasteiger partial charge in [-0.2, -0.15) is 0 Å². The maximum absolute atomic E-state index is 12.5. The first-order valence-corrected chi connectivity index (χ1v) is 8.98. The molecule has 1 N–H and O–H groups in total. The van der Waals surface area contributed by atoms with Crippen LogP contribution >= 0.6 is 11.6 Å². The van der Waals surface area contributed by atoms with Crippen molar-refractivity contribution in [3.05, 3.63) is 53.2 Å². The summed E-state index contributed by atoms with van der Waals surface area (Å²) in [5, 5.41) is 3.76. The summed E-state index contributed by atoms with van der Waals surface area (Å²) in [5.74, 6) is 1.64. The van der Waals surface area contributed by atoms with Gasteiger partial charge in [-0.05, 0) is 62.2 Å². The molecule has 1 amide bonds. The lowest BCUT2D eigenvalue weighted by Crippen LogP contribution is -2.57. The second-order valence-electron chi connectivity index (χ2n) is 6.66. The number of nitrogens with one attached hydrogen (secondary N) is 1. The van der Waals surface area contributed by atoms with Crippen LogP contribution in [0.1, 0.15) is 23.2 Å². The fraction of sp³-hybridized carbons (Fsp3) is 0.368. The Kier molecular flexibility index (Phi) is 4.59. The minimum Gasteiger partial charge on any atom is -0.439 e. The molecule has 0 aliphatic carbocycles. The molecule has 6 heteroatoms. The summed E-state index contributed by atoms with van der Waals surface area (Å²) in [4.78, 5) is 19.0. The van der Waals surface area contributed by atoms with Crippen LogP contribution in [0, 0.1) is 5.92 Å². The number of ether oxygens (including phenoxy) is 1. The van der Waals surface area contributed by atoms with Crippen molar-refractivity contribution in [3.8, 4) is 11.6 Å². The van der Waals surface area contributed by atoms with Gasteiger partial charge in [-0.15, -0.1) is 0 Å². The Balaban J connectivity index is 1.39. The number of rotatable bonds is 4. The topological polar surface area (TPSA) is 54.5 Å². The number of aromatic nitrogens is 1. The largest absolute Gasteiger partial charge is 0.439 e. The molecule has 130 valence electrons. The molecule has 1 aromatic carbocycles. The van der Waals surface area contributed by atoms with E-state index in [1.807, 2.05) is 0 Å². The summed E-state index contributed by atoms with van der Waals surface area (Å²) < 4.78 is 5.65. The molecular formula is C19H20ClN3O2. The number of halogens is 1. The number of hydrogen-bond acceptors (Lipinski definition) is 4. The Morgan fingerprint density at radius 1 is 1.20 bits per heavy atom. The summed E-state index contributed by atoms with van der Waals surface area (Å²) in [6.45, 7) is 3.30. The molecule has 3 aliphatic heterocycles. The molecule has 0 radical (unpaired) electrons. The van der Waals surface area contributed by atoms with Crippen molar-refractivity contribution in [2.45, 2.75) is 18.9 Å². The molecule has 0 saturated carbocycles.